The molecule has 0 saturated carbocycles. The molecule has 0 aliphatic carbocycles. The maximum Gasteiger partial charge on any atom is 0.285 e. The van der Waals surface area contributed by atoms with Crippen molar-refractivity contribution in [3.8, 4) is 5.75 Å². The molecule has 1 fully saturated rings. The predicted molar refractivity (Wildman–Crippen MR) is 136 cm³/mol. The number of nitrogens with zero attached hydrogens (tertiary/aromatic N) is 1. The summed E-state index contributed by atoms with van der Waals surface area (Å²) >= 11 is 12.5. The Morgan fingerprint density at radius 3 is 2.67 bits per heavy atom. The van der Waals surface area contributed by atoms with Crippen LogP contribution >= 0.6 is 35.6 Å². The lowest BCUT2D eigenvalue weighted by atomic mass is 10.1. The molecule has 4 rings (SSSR count). The molecule has 33 heavy (non-hydrogen) atoms. The van der Waals surface area contributed by atoms with Gasteiger partial charge in [0, 0.05) is 0 Å². The van der Waals surface area contributed by atoms with E-state index in [1.807, 2.05) is 55.5 Å². The molecular formula is C25H19ClN2O3S2. The number of benzene rings is 3. The smallest absolute Gasteiger partial charge is 0.285 e. The van der Waals surface area contributed by atoms with Crippen LogP contribution in [0.5, 0.6) is 5.75 Å². The lowest BCUT2D eigenvalue weighted by Crippen LogP contribution is -2.44. The fourth-order valence-corrected chi connectivity index (χ4v) is 4.55. The zero-order chi connectivity index (χ0) is 23.4. The SMILES string of the molecule is Cc1ccccc1COc1cccc(/C=C2/SC(=S)N(NC(=O)c3ccccc3Cl)C2=O)c1. The second-order valence-corrected chi connectivity index (χ2v) is 9.31. The van der Waals surface area contributed by atoms with Gasteiger partial charge >= 0.3 is 0 Å². The molecule has 0 radical (unpaired) electrons. The van der Waals surface area contributed by atoms with Gasteiger partial charge in [0.25, 0.3) is 11.8 Å². The average molecular weight is 495 g/mol. The van der Waals surface area contributed by atoms with Crippen molar-refractivity contribution < 1.29 is 14.3 Å². The zero-order valence-corrected chi connectivity index (χ0v) is 20.0. The van der Waals surface area contributed by atoms with Crippen molar-refractivity contribution in [2.24, 2.45) is 0 Å². The monoisotopic (exact) mass is 494 g/mol. The Balaban J connectivity index is 1.46. The van der Waals surface area contributed by atoms with Gasteiger partial charge in [-0.1, -0.05) is 71.9 Å². The first-order valence-electron chi connectivity index (χ1n) is 10.0. The summed E-state index contributed by atoms with van der Waals surface area (Å²) in [7, 11) is 0. The summed E-state index contributed by atoms with van der Waals surface area (Å²) in [5, 5.41) is 1.36. The van der Waals surface area contributed by atoms with Crippen LogP contribution in [0.2, 0.25) is 5.02 Å². The van der Waals surface area contributed by atoms with E-state index in [1.54, 1.807) is 30.3 Å². The topological polar surface area (TPSA) is 58.6 Å². The van der Waals surface area contributed by atoms with E-state index in [-0.39, 0.29) is 9.88 Å². The van der Waals surface area contributed by atoms with E-state index >= 15 is 0 Å². The summed E-state index contributed by atoms with van der Waals surface area (Å²) in [4.78, 5) is 25.8. The van der Waals surface area contributed by atoms with Crippen LogP contribution in [0.15, 0.2) is 77.7 Å². The third kappa shape index (κ3) is 5.45. The van der Waals surface area contributed by atoms with E-state index in [4.69, 9.17) is 28.6 Å². The van der Waals surface area contributed by atoms with Gasteiger partial charge in [-0.25, -0.2) is 0 Å². The van der Waals surface area contributed by atoms with Crippen molar-refractivity contribution in [2.75, 3.05) is 0 Å². The van der Waals surface area contributed by atoms with Crippen LogP contribution in [-0.2, 0) is 11.4 Å². The highest BCUT2D eigenvalue weighted by Gasteiger charge is 2.34. The quantitative estimate of drug-likeness (QED) is 0.348. The van der Waals surface area contributed by atoms with Crippen molar-refractivity contribution in [3.05, 3.63) is 105 Å². The van der Waals surface area contributed by atoms with E-state index < -0.39 is 11.8 Å². The Labute approximate surface area is 206 Å². The van der Waals surface area contributed by atoms with Gasteiger partial charge < -0.3 is 4.74 Å². The minimum Gasteiger partial charge on any atom is -0.489 e. The molecule has 0 atom stereocenters. The van der Waals surface area contributed by atoms with Crippen molar-refractivity contribution in [3.63, 3.8) is 0 Å². The van der Waals surface area contributed by atoms with Crippen molar-refractivity contribution in [2.45, 2.75) is 13.5 Å². The average Bonchev–Trinajstić information content (AvgIpc) is 3.06. The van der Waals surface area contributed by atoms with Crippen LogP contribution in [-0.4, -0.2) is 21.1 Å². The molecule has 1 N–H and O–H groups in total. The fourth-order valence-electron chi connectivity index (χ4n) is 3.15. The number of aryl methyl sites for hydroxylation is 1. The molecule has 1 aliphatic heterocycles. The standard InChI is InChI=1S/C25H19ClN2O3S2/c1-16-7-2-3-9-18(16)15-31-19-10-6-8-17(13-19)14-22-24(30)28(25(32)33-22)27-23(29)20-11-4-5-12-21(20)26/h2-14H,15H2,1H3,(H,27,29)/b22-14+. The van der Waals surface area contributed by atoms with E-state index in [9.17, 15) is 9.59 Å². The highest BCUT2D eigenvalue weighted by Crippen LogP contribution is 2.32. The lowest BCUT2D eigenvalue weighted by molar-refractivity contribution is -0.123. The highest BCUT2D eigenvalue weighted by atomic mass is 35.5. The maximum atomic E-state index is 12.9. The second kappa shape index (κ2) is 10.2. The van der Waals surface area contributed by atoms with Gasteiger partial charge in [0.2, 0.25) is 0 Å². The summed E-state index contributed by atoms with van der Waals surface area (Å²) in [5.74, 6) is -0.226. The van der Waals surface area contributed by atoms with E-state index in [0.29, 0.717) is 22.3 Å². The number of halogens is 1. The van der Waals surface area contributed by atoms with Gasteiger partial charge in [-0.05, 0) is 66.2 Å². The predicted octanol–water partition coefficient (Wildman–Crippen LogP) is 5.77. The van der Waals surface area contributed by atoms with Gasteiger partial charge in [-0.15, -0.1) is 0 Å². The molecule has 0 aromatic heterocycles. The molecule has 166 valence electrons. The number of rotatable bonds is 6. The van der Waals surface area contributed by atoms with Gasteiger partial charge in [-0.2, -0.15) is 5.01 Å². The van der Waals surface area contributed by atoms with Gasteiger partial charge in [0.1, 0.15) is 12.4 Å². The number of hydrazine groups is 1. The Kier molecular flexibility index (Phi) is 7.13. The third-order valence-corrected chi connectivity index (χ3v) is 6.57. The lowest BCUT2D eigenvalue weighted by Gasteiger charge is -2.16. The van der Waals surface area contributed by atoms with Crippen molar-refractivity contribution in [1.29, 1.82) is 0 Å². The van der Waals surface area contributed by atoms with Crippen LogP contribution in [0.25, 0.3) is 6.08 Å². The first-order valence-corrected chi connectivity index (χ1v) is 11.6. The number of amides is 2. The molecule has 1 heterocycles. The summed E-state index contributed by atoms with van der Waals surface area (Å²) < 4.78 is 6.17. The molecule has 3 aromatic rings. The Morgan fingerprint density at radius 2 is 1.88 bits per heavy atom. The molecule has 3 aromatic carbocycles. The van der Waals surface area contributed by atoms with E-state index in [1.165, 1.54) is 0 Å². The number of hydrogen-bond donors (Lipinski definition) is 1. The molecule has 8 heteroatoms. The molecule has 0 bridgehead atoms. The normalized spacial score (nSPS) is 14.6. The molecule has 5 nitrogen and oxygen atoms in total. The van der Waals surface area contributed by atoms with Crippen molar-refractivity contribution in [1.82, 2.24) is 10.4 Å². The maximum absolute atomic E-state index is 12.9. The van der Waals surface area contributed by atoms with Crippen LogP contribution in [0.1, 0.15) is 27.0 Å². The number of carbonyl (C=O) groups excluding carboxylic acids is 2. The summed E-state index contributed by atoms with van der Waals surface area (Å²) in [6.45, 7) is 2.49. The number of thioether (sulfide) groups is 1. The molecule has 1 saturated heterocycles. The molecule has 0 unspecified atom stereocenters. The van der Waals surface area contributed by atoms with Crippen molar-refractivity contribution >= 4 is 57.8 Å². The van der Waals surface area contributed by atoms with Crippen LogP contribution < -0.4 is 10.2 Å². The minimum atomic E-state index is -0.509. The molecule has 2 amide bonds. The third-order valence-electron chi connectivity index (χ3n) is 4.94. The summed E-state index contributed by atoms with van der Waals surface area (Å²) in [6, 6.07) is 22.1. The van der Waals surface area contributed by atoms with Crippen LogP contribution in [0.3, 0.4) is 0 Å². The first kappa shape index (κ1) is 23.0. The Morgan fingerprint density at radius 1 is 1.12 bits per heavy atom. The zero-order valence-electron chi connectivity index (χ0n) is 17.6. The fraction of sp³-hybridized carbons (Fsp3) is 0.0800. The molecule has 0 spiro atoms. The second-order valence-electron chi connectivity index (χ2n) is 7.23. The summed E-state index contributed by atoms with van der Waals surface area (Å²) in [5.41, 5.74) is 5.86. The largest absolute Gasteiger partial charge is 0.489 e. The Bertz CT molecular complexity index is 1280. The van der Waals surface area contributed by atoms with E-state index in [0.717, 1.165) is 33.5 Å². The molecule has 1 aliphatic rings. The number of thiocarbonyl (C=S) groups is 1. The van der Waals surface area contributed by atoms with Crippen LogP contribution in [0.4, 0.5) is 0 Å². The number of carbonyl (C=O) groups is 2. The minimum absolute atomic E-state index is 0.235. The highest BCUT2D eigenvalue weighted by molar-refractivity contribution is 8.26. The Hall–Kier alpha value is -3.13. The number of nitrogens with one attached hydrogen (secondary N) is 1. The van der Waals surface area contributed by atoms with E-state index in [2.05, 4.69) is 5.43 Å². The first-order chi connectivity index (χ1) is 15.9. The van der Waals surface area contributed by atoms with Gasteiger partial charge in [-0.3, -0.25) is 15.0 Å². The van der Waals surface area contributed by atoms with Gasteiger partial charge in [0.05, 0.1) is 15.5 Å². The molecular weight excluding hydrogens is 476 g/mol. The van der Waals surface area contributed by atoms with Gasteiger partial charge in [0.15, 0.2) is 4.32 Å². The van der Waals surface area contributed by atoms with Crippen LogP contribution in [0, 0.1) is 6.92 Å². The number of ether oxygens (including phenoxy) is 1. The summed E-state index contributed by atoms with van der Waals surface area (Å²) in [6.07, 6.45) is 1.72. The number of hydrogen-bond acceptors (Lipinski definition) is 5.